The molecule has 1 fully saturated rings. The molecule has 0 aliphatic carbocycles. The number of likely N-dealkylation sites (tertiary alicyclic amines) is 1. The van der Waals surface area contributed by atoms with Gasteiger partial charge in [-0.25, -0.2) is 4.39 Å². The summed E-state index contributed by atoms with van der Waals surface area (Å²) in [5.74, 6) is -0.832. The summed E-state index contributed by atoms with van der Waals surface area (Å²) in [5.41, 5.74) is 2.30. The molecule has 0 saturated carbocycles. The first-order valence-electron chi connectivity index (χ1n) is 11.9. The maximum absolute atomic E-state index is 13.6. The van der Waals surface area contributed by atoms with Crippen molar-refractivity contribution in [2.45, 2.75) is 46.5 Å². The van der Waals surface area contributed by atoms with Crippen LogP contribution in [0.1, 0.15) is 56.0 Å². The van der Waals surface area contributed by atoms with E-state index in [4.69, 9.17) is 0 Å². The highest BCUT2D eigenvalue weighted by atomic mass is 19.1. The van der Waals surface area contributed by atoms with Gasteiger partial charge in [0.1, 0.15) is 5.82 Å². The zero-order valence-corrected chi connectivity index (χ0v) is 20.1. The average Bonchev–Trinajstić information content (AvgIpc) is 2.83. The number of piperidine rings is 1. The van der Waals surface area contributed by atoms with Crippen molar-refractivity contribution in [3.8, 4) is 0 Å². The second-order valence-electron chi connectivity index (χ2n) is 10.2. The number of rotatable bonds is 3. The molecule has 1 saturated heterocycles. The Bertz CT molecular complexity index is 1090. The molecular formula is C27H32FN3O3. The predicted octanol–water partition coefficient (Wildman–Crippen LogP) is 4.64. The van der Waals surface area contributed by atoms with Crippen LogP contribution in [0.5, 0.6) is 0 Å². The molecule has 1 atom stereocenters. The van der Waals surface area contributed by atoms with Crippen molar-refractivity contribution in [1.29, 1.82) is 0 Å². The number of amides is 3. The molecule has 2 aliphatic rings. The Morgan fingerprint density at radius 1 is 1.00 bits per heavy atom. The first kappa shape index (κ1) is 23.9. The number of carbonyl (C=O) groups is 3. The maximum atomic E-state index is 13.6. The van der Waals surface area contributed by atoms with Gasteiger partial charge < -0.3 is 15.1 Å². The maximum Gasteiger partial charge on any atom is 0.255 e. The van der Waals surface area contributed by atoms with E-state index in [1.807, 2.05) is 48.8 Å². The number of benzene rings is 2. The summed E-state index contributed by atoms with van der Waals surface area (Å²) in [4.78, 5) is 42.7. The Hall–Kier alpha value is -3.22. The lowest BCUT2D eigenvalue weighted by molar-refractivity contribution is -0.142. The molecule has 2 aliphatic heterocycles. The summed E-state index contributed by atoms with van der Waals surface area (Å²) in [6, 6.07) is 11.0. The second-order valence-corrected chi connectivity index (χ2v) is 10.2. The van der Waals surface area contributed by atoms with Crippen LogP contribution in [-0.4, -0.2) is 42.3 Å². The van der Waals surface area contributed by atoms with Gasteiger partial charge in [0.25, 0.3) is 5.91 Å². The summed E-state index contributed by atoms with van der Waals surface area (Å²) in [6.07, 6.45) is 3.12. The highest BCUT2D eigenvalue weighted by molar-refractivity contribution is 6.06. The van der Waals surface area contributed by atoms with Gasteiger partial charge in [-0.15, -0.1) is 0 Å². The van der Waals surface area contributed by atoms with Crippen molar-refractivity contribution in [3.05, 3.63) is 59.4 Å². The summed E-state index contributed by atoms with van der Waals surface area (Å²) in [6.45, 7) is 7.47. The third-order valence-electron chi connectivity index (χ3n) is 6.57. The van der Waals surface area contributed by atoms with E-state index < -0.39 is 11.2 Å². The SMILES string of the molecule is CC(C)(C)C(=O)N1CCCC(C(=O)N2CCCc3c(NC(=O)c4ccc(F)cc4)cccc32)C1. The van der Waals surface area contributed by atoms with Crippen molar-refractivity contribution in [2.24, 2.45) is 11.3 Å². The minimum Gasteiger partial charge on any atom is -0.341 e. The lowest BCUT2D eigenvalue weighted by Crippen LogP contribution is -2.50. The van der Waals surface area contributed by atoms with E-state index in [-0.39, 0.29) is 23.6 Å². The lowest BCUT2D eigenvalue weighted by atomic mass is 9.90. The van der Waals surface area contributed by atoms with Gasteiger partial charge in [0.05, 0.1) is 5.92 Å². The minimum atomic E-state index is -0.472. The Balaban J connectivity index is 1.53. The first-order valence-corrected chi connectivity index (χ1v) is 11.9. The van der Waals surface area contributed by atoms with Crippen LogP contribution in [0.2, 0.25) is 0 Å². The van der Waals surface area contributed by atoms with E-state index in [0.29, 0.717) is 30.9 Å². The van der Waals surface area contributed by atoms with E-state index in [9.17, 15) is 18.8 Å². The number of fused-ring (bicyclic) bond motifs is 1. The molecule has 1 unspecified atom stereocenters. The molecule has 6 nitrogen and oxygen atoms in total. The van der Waals surface area contributed by atoms with Crippen LogP contribution in [0, 0.1) is 17.2 Å². The van der Waals surface area contributed by atoms with Gasteiger partial charge in [-0.3, -0.25) is 14.4 Å². The minimum absolute atomic E-state index is 0.0365. The standard InChI is InChI=1S/C27H32FN3O3/c1-27(2,3)26(34)30-15-5-7-19(17-30)25(33)31-16-6-8-21-22(9-4-10-23(21)31)29-24(32)18-11-13-20(28)14-12-18/h4,9-14,19H,5-8,15-17H2,1-3H3,(H,29,32). The van der Waals surface area contributed by atoms with Gasteiger partial charge in [-0.2, -0.15) is 0 Å². The lowest BCUT2D eigenvalue weighted by Gasteiger charge is -2.39. The molecule has 2 aromatic carbocycles. The van der Waals surface area contributed by atoms with Crippen molar-refractivity contribution < 1.29 is 18.8 Å². The summed E-state index contributed by atoms with van der Waals surface area (Å²) in [7, 11) is 0. The van der Waals surface area contributed by atoms with Crippen molar-refractivity contribution in [2.75, 3.05) is 29.9 Å². The number of nitrogens with zero attached hydrogens (tertiary/aromatic N) is 2. The molecule has 7 heteroatoms. The Labute approximate surface area is 200 Å². The number of hydrogen-bond donors (Lipinski definition) is 1. The Kier molecular flexibility index (Phi) is 6.73. The Morgan fingerprint density at radius 3 is 2.44 bits per heavy atom. The van der Waals surface area contributed by atoms with Crippen LogP contribution in [-0.2, 0) is 16.0 Å². The molecular weight excluding hydrogens is 433 g/mol. The van der Waals surface area contributed by atoms with Gasteiger partial charge in [0.15, 0.2) is 0 Å². The van der Waals surface area contributed by atoms with E-state index in [1.165, 1.54) is 24.3 Å². The monoisotopic (exact) mass is 465 g/mol. The van der Waals surface area contributed by atoms with Crippen LogP contribution in [0.3, 0.4) is 0 Å². The number of carbonyl (C=O) groups excluding carboxylic acids is 3. The van der Waals surface area contributed by atoms with Gasteiger partial charge >= 0.3 is 0 Å². The van der Waals surface area contributed by atoms with Crippen LogP contribution in [0.4, 0.5) is 15.8 Å². The van der Waals surface area contributed by atoms with E-state index in [1.54, 1.807) is 0 Å². The molecule has 0 bridgehead atoms. The van der Waals surface area contributed by atoms with E-state index in [0.717, 1.165) is 36.9 Å². The zero-order valence-electron chi connectivity index (χ0n) is 20.1. The molecule has 3 amide bonds. The molecule has 4 rings (SSSR count). The molecule has 34 heavy (non-hydrogen) atoms. The normalized spacial score (nSPS) is 18.3. The summed E-state index contributed by atoms with van der Waals surface area (Å²) < 4.78 is 13.2. The largest absolute Gasteiger partial charge is 0.341 e. The predicted molar refractivity (Wildman–Crippen MR) is 130 cm³/mol. The van der Waals surface area contributed by atoms with Gasteiger partial charge in [0, 0.05) is 42.0 Å². The molecule has 0 aromatic heterocycles. The molecule has 2 heterocycles. The smallest absolute Gasteiger partial charge is 0.255 e. The van der Waals surface area contributed by atoms with E-state index in [2.05, 4.69) is 5.32 Å². The van der Waals surface area contributed by atoms with Crippen molar-refractivity contribution in [3.63, 3.8) is 0 Å². The topological polar surface area (TPSA) is 69.7 Å². The average molecular weight is 466 g/mol. The van der Waals surface area contributed by atoms with E-state index >= 15 is 0 Å². The molecule has 2 aromatic rings. The quantitative estimate of drug-likeness (QED) is 0.718. The summed E-state index contributed by atoms with van der Waals surface area (Å²) >= 11 is 0. The van der Waals surface area contributed by atoms with Crippen LogP contribution >= 0.6 is 0 Å². The van der Waals surface area contributed by atoms with Crippen molar-refractivity contribution >= 4 is 29.1 Å². The van der Waals surface area contributed by atoms with Gasteiger partial charge in [-0.05, 0) is 67.6 Å². The fourth-order valence-corrected chi connectivity index (χ4v) is 4.82. The highest BCUT2D eigenvalue weighted by Gasteiger charge is 2.36. The van der Waals surface area contributed by atoms with Crippen molar-refractivity contribution in [1.82, 2.24) is 4.90 Å². The number of nitrogens with one attached hydrogen (secondary N) is 1. The van der Waals surface area contributed by atoms with Gasteiger partial charge in [0.2, 0.25) is 11.8 Å². The third kappa shape index (κ3) is 4.98. The second kappa shape index (κ2) is 9.57. The number of halogens is 1. The van der Waals surface area contributed by atoms with Crippen LogP contribution in [0.25, 0.3) is 0 Å². The molecule has 180 valence electrons. The third-order valence-corrected chi connectivity index (χ3v) is 6.57. The number of hydrogen-bond acceptors (Lipinski definition) is 3. The van der Waals surface area contributed by atoms with Gasteiger partial charge in [-0.1, -0.05) is 26.8 Å². The first-order chi connectivity index (χ1) is 16.1. The number of anilines is 2. The fourth-order valence-electron chi connectivity index (χ4n) is 4.82. The Morgan fingerprint density at radius 2 is 1.74 bits per heavy atom. The van der Waals surface area contributed by atoms with Crippen LogP contribution in [0.15, 0.2) is 42.5 Å². The highest BCUT2D eigenvalue weighted by Crippen LogP contribution is 2.35. The fraction of sp³-hybridized carbons (Fsp3) is 0.444. The zero-order chi connectivity index (χ0) is 24.5. The summed E-state index contributed by atoms with van der Waals surface area (Å²) in [5, 5.41) is 2.93. The molecule has 0 radical (unpaired) electrons. The van der Waals surface area contributed by atoms with Crippen LogP contribution < -0.4 is 10.2 Å². The molecule has 0 spiro atoms. The molecule has 1 N–H and O–H groups in total.